The second kappa shape index (κ2) is 15.1. The smallest absolute Gasteiger partial charge is 0.326 e. The number of unbranched alkanes of at least 4 members (excludes halogenated alkanes) is 1. The van der Waals surface area contributed by atoms with Crippen molar-refractivity contribution in [2.45, 2.75) is 83.1 Å². The normalized spacial score (nSPS) is 15.6. The van der Waals surface area contributed by atoms with Gasteiger partial charge in [-0.2, -0.15) is 0 Å². The highest BCUT2D eigenvalue weighted by molar-refractivity contribution is 5.94. The van der Waals surface area contributed by atoms with E-state index in [2.05, 4.69) is 16.0 Å². The third-order valence-electron chi connectivity index (χ3n) is 4.91. The first-order valence-electron chi connectivity index (χ1n) is 10.8. The number of carbonyl (C=O) groups excluding carboxylic acids is 3. The Morgan fingerprint density at radius 1 is 0.818 bits per heavy atom. The monoisotopic (exact) mass is 475 g/mol. The van der Waals surface area contributed by atoms with Crippen molar-refractivity contribution in [2.75, 3.05) is 6.54 Å². The van der Waals surface area contributed by atoms with E-state index in [1.165, 1.54) is 6.92 Å². The number of nitrogens with two attached hydrogens (primary N) is 2. The molecule has 33 heavy (non-hydrogen) atoms. The Morgan fingerprint density at radius 2 is 1.33 bits per heavy atom. The number of nitrogens with one attached hydrogen (secondary N) is 3. The molecule has 3 amide bonds. The van der Waals surface area contributed by atoms with Crippen molar-refractivity contribution in [3.8, 4) is 0 Å². The molecular formula is C20H37N5O8. The van der Waals surface area contributed by atoms with Gasteiger partial charge >= 0.3 is 11.9 Å². The van der Waals surface area contributed by atoms with E-state index in [-0.39, 0.29) is 12.8 Å². The van der Waals surface area contributed by atoms with Crippen LogP contribution in [0.2, 0.25) is 0 Å². The maximum absolute atomic E-state index is 12.8. The molecule has 0 aromatic heterocycles. The number of amides is 3. The van der Waals surface area contributed by atoms with Crippen LogP contribution in [0.3, 0.4) is 0 Å². The Labute approximate surface area is 192 Å². The van der Waals surface area contributed by atoms with Crippen LogP contribution in [0.5, 0.6) is 0 Å². The van der Waals surface area contributed by atoms with Gasteiger partial charge in [-0.15, -0.1) is 0 Å². The third-order valence-corrected chi connectivity index (χ3v) is 4.91. The molecule has 0 fully saturated rings. The van der Waals surface area contributed by atoms with Gasteiger partial charge in [0, 0.05) is 6.42 Å². The molecule has 0 aliphatic heterocycles. The summed E-state index contributed by atoms with van der Waals surface area (Å²) in [6.07, 6.45) is -0.818. The largest absolute Gasteiger partial charge is 0.481 e. The van der Waals surface area contributed by atoms with Crippen LogP contribution in [0.25, 0.3) is 0 Å². The van der Waals surface area contributed by atoms with Gasteiger partial charge in [0.25, 0.3) is 0 Å². The lowest BCUT2D eigenvalue weighted by Gasteiger charge is -2.26. The zero-order valence-electron chi connectivity index (χ0n) is 19.2. The van der Waals surface area contributed by atoms with Crippen molar-refractivity contribution in [3.63, 3.8) is 0 Å². The van der Waals surface area contributed by atoms with E-state index >= 15 is 0 Å². The first kappa shape index (κ1) is 30.2. The van der Waals surface area contributed by atoms with Gasteiger partial charge in [-0.25, -0.2) is 4.79 Å². The molecule has 0 saturated carbocycles. The summed E-state index contributed by atoms with van der Waals surface area (Å²) in [4.78, 5) is 60.2. The number of carboxylic acid groups (broad SMARTS) is 2. The maximum atomic E-state index is 12.8. The van der Waals surface area contributed by atoms with E-state index in [4.69, 9.17) is 16.6 Å². The summed E-state index contributed by atoms with van der Waals surface area (Å²) >= 11 is 0. The minimum Gasteiger partial charge on any atom is -0.481 e. The van der Waals surface area contributed by atoms with Crippen LogP contribution < -0.4 is 27.4 Å². The van der Waals surface area contributed by atoms with Gasteiger partial charge in [-0.1, -0.05) is 13.8 Å². The van der Waals surface area contributed by atoms with Crippen molar-refractivity contribution in [3.05, 3.63) is 0 Å². The standard InChI is InChI=1S/C20H37N5O8/c1-10(2)16(20(32)33)25-18(30)12(6-4-5-9-21)23-17(29)13(7-8-14(27)28)24-19(31)15(22)11(3)26/h10-13,15-16,26H,4-9,21-22H2,1-3H3,(H,23,29)(H,24,31)(H,25,30)(H,27,28)(H,32,33). The summed E-state index contributed by atoms with van der Waals surface area (Å²) in [5.74, 6) is -5.30. The van der Waals surface area contributed by atoms with Crippen LogP contribution in [-0.2, 0) is 24.0 Å². The third kappa shape index (κ3) is 11.6. The zero-order chi connectivity index (χ0) is 25.7. The molecule has 0 heterocycles. The van der Waals surface area contributed by atoms with Crippen LogP contribution in [-0.4, -0.2) is 81.8 Å². The van der Waals surface area contributed by atoms with E-state index in [9.17, 15) is 34.2 Å². The highest BCUT2D eigenvalue weighted by Crippen LogP contribution is 2.08. The van der Waals surface area contributed by atoms with Gasteiger partial charge in [-0.3, -0.25) is 19.2 Å². The zero-order valence-corrected chi connectivity index (χ0v) is 19.2. The molecule has 0 spiro atoms. The van der Waals surface area contributed by atoms with Crippen molar-refractivity contribution < 1.29 is 39.3 Å². The van der Waals surface area contributed by atoms with Gasteiger partial charge in [0.2, 0.25) is 17.7 Å². The number of hydrogen-bond acceptors (Lipinski definition) is 8. The van der Waals surface area contributed by atoms with Crippen LogP contribution in [0, 0.1) is 5.92 Å². The number of hydrogen-bond donors (Lipinski definition) is 8. The molecule has 0 aromatic rings. The van der Waals surface area contributed by atoms with Crippen molar-refractivity contribution >= 4 is 29.7 Å². The Balaban J connectivity index is 5.57. The lowest BCUT2D eigenvalue weighted by molar-refractivity contribution is -0.143. The predicted octanol–water partition coefficient (Wildman–Crippen LogP) is -2.12. The lowest BCUT2D eigenvalue weighted by atomic mass is 10.0. The Kier molecular flexibility index (Phi) is 13.9. The van der Waals surface area contributed by atoms with E-state index in [0.717, 1.165) is 0 Å². The van der Waals surface area contributed by atoms with Crippen LogP contribution >= 0.6 is 0 Å². The van der Waals surface area contributed by atoms with Crippen molar-refractivity contribution in [2.24, 2.45) is 17.4 Å². The van der Waals surface area contributed by atoms with Gasteiger partial charge in [0.1, 0.15) is 24.2 Å². The number of carboxylic acids is 2. The predicted molar refractivity (Wildman–Crippen MR) is 118 cm³/mol. The summed E-state index contributed by atoms with van der Waals surface area (Å²) in [5.41, 5.74) is 11.0. The SMILES string of the molecule is CC(C)C(NC(=O)C(CCCCN)NC(=O)C(CCC(=O)O)NC(=O)C(N)C(C)O)C(=O)O. The maximum Gasteiger partial charge on any atom is 0.326 e. The number of aliphatic carboxylic acids is 2. The molecule has 0 saturated heterocycles. The number of aliphatic hydroxyl groups excluding tert-OH is 1. The van der Waals surface area contributed by atoms with E-state index in [0.29, 0.717) is 19.4 Å². The molecule has 0 aliphatic carbocycles. The molecule has 0 rings (SSSR count). The summed E-state index contributed by atoms with van der Waals surface area (Å²) in [6.45, 7) is 4.86. The lowest BCUT2D eigenvalue weighted by Crippen LogP contribution is -2.58. The number of rotatable bonds is 16. The van der Waals surface area contributed by atoms with Gasteiger partial charge in [-0.05, 0) is 45.1 Å². The second-order valence-corrected chi connectivity index (χ2v) is 8.17. The average Bonchev–Trinajstić information content (AvgIpc) is 2.72. The Morgan fingerprint density at radius 3 is 1.79 bits per heavy atom. The molecule has 0 aromatic carbocycles. The topological polar surface area (TPSA) is 234 Å². The average molecular weight is 476 g/mol. The minimum atomic E-state index is -1.35. The van der Waals surface area contributed by atoms with Gasteiger partial charge in [0.15, 0.2) is 0 Å². The molecular weight excluding hydrogens is 438 g/mol. The summed E-state index contributed by atoms with van der Waals surface area (Å²) < 4.78 is 0. The molecule has 10 N–H and O–H groups in total. The molecule has 13 heteroatoms. The molecule has 13 nitrogen and oxygen atoms in total. The second-order valence-electron chi connectivity index (χ2n) is 8.17. The van der Waals surface area contributed by atoms with E-state index in [1.54, 1.807) is 13.8 Å². The van der Waals surface area contributed by atoms with Crippen LogP contribution in [0.15, 0.2) is 0 Å². The highest BCUT2D eigenvalue weighted by Gasteiger charge is 2.31. The number of carbonyl (C=O) groups is 5. The molecule has 5 unspecified atom stereocenters. The first-order chi connectivity index (χ1) is 15.3. The van der Waals surface area contributed by atoms with Crippen molar-refractivity contribution in [1.29, 1.82) is 0 Å². The fourth-order valence-corrected chi connectivity index (χ4v) is 2.82. The summed E-state index contributed by atoms with van der Waals surface area (Å²) in [7, 11) is 0. The molecule has 0 aliphatic rings. The Bertz CT molecular complexity index is 685. The fourth-order valence-electron chi connectivity index (χ4n) is 2.82. The van der Waals surface area contributed by atoms with E-state index in [1.807, 2.05) is 0 Å². The molecule has 5 atom stereocenters. The van der Waals surface area contributed by atoms with E-state index < -0.39 is 72.3 Å². The van der Waals surface area contributed by atoms with Gasteiger partial charge in [0.05, 0.1) is 6.10 Å². The highest BCUT2D eigenvalue weighted by atomic mass is 16.4. The minimum absolute atomic E-state index is 0.145. The fraction of sp³-hybridized carbons (Fsp3) is 0.750. The van der Waals surface area contributed by atoms with Crippen molar-refractivity contribution in [1.82, 2.24) is 16.0 Å². The molecule has 0 bridgehead atoms. The first-order valence-corrected chi connectivity index (χ1v) is 10.8. The molecule has 190 valence electrons. The summed E-state index contributed by atoms with van der Waals surface area (Å²) in [5, 5.41) is 34.9. The Hall–Kier alpha value is -2.77. The van der Waals surface area contributed by atoms with Gasteiger partial charge < -0.3 is 42.7 Å². The van der Waals surface area contributed by atoms with Crippen LogP contribution in [0.1, 0.15) is 52.9 Å². The summed E-state index contributed by atoms with van der Waals surface area (Å²) in [6, 6.07) is -5.02. The van der Waals surface area contributed by atoms with Crippen LogP contribution in [0.4, 0.5) is 0 Å². The number of aliphatic hydroxyl groups is 1. The quantitative estimate of drug-likeness (QED) is 0.113. The molecule has 0 radical (unpaired) electrons.